The number of likely N-dealkylation sites (N-methyl/N-ethyl adjacent to an activating group) is 1. The summed E-state index contributed by atoms with van der Waals surface area (Å²) in [5.41, 5.74) is -0.463. The van der Waals surface area contributed by atoms with E-state index in [1.54, 1.807) is 30.4 Å². The maximum Gasteiger partial charge on any atom is 0.326 e. The Bertz CT molecular complexity index is 346. The normalized spacial score (nSPS) is 11.0. The summed E-state index contributed by atoms with van der Waals surface area (Å²) in [7, 11) is 1.75. The predicted octanol–water partition coefficient (Wildman–Crippen LogP) is 1.25. The minimum absolute atomic E-state index is 0.140. The van der Waals surface area contributed by atoms with E-state index in [0.29, 0.717) is 5.95 Å². The quantitative estimate of drug-likeness (QED) is 0.722. The highest BCUT2D eigenvalue weighted by Gasteiger charge is 2.18. The molecule has 0 aliphatic heterocycles. The summed E-state index contributed by atoms with van der Waals surface area (Å²) >= 11 is 0. The number of rotatable bonds is 3. The van der Waals surface area contributed by atoms with Gasteiger partial charge in [0.05, 0.1) is 0 Å². The summed E-state index contributed by atoms with van der Waals surface area (Å²) < 4.78 is 5.19. The standard InChI is InChI=1S/C11H17N3O2/c1-11(2,3)16-9(15)8-14(4)10-12-6-5-7-13-10/h5-7H,8H2,1-4H3. The first kappa shape index (κ1) is 12.4. The molecule has 1 rings (SSSR count). The lowest BCUT2D eigenvalue weighted by Crippen LogP contribution is -2.33. The van der Waals surface area contributed by atoms with Gasteiger partial charge in [0.25, 0.3) is 0 Å². The smallest absolute Gasteiger partial charge is 0.326 e. The van der Waals surface area contributed by atoms with Crippen LogP contribution in [0.1, 0.15) is 20.8 Å². The van der Waals surface area contributed by atoms with Gasteiger partial charge in [0.1, 0.15) is 12.1 Å². The van der Waals surface area contributed by atoms with Crippen molar-refractivity contribution in [3.63, 3.8) is 0 Å². The van der Waals surface area contributed by atoms with Gasteiger partial charge >= 0.3 is 5.97 Å². The molecular formula is C11H17N3O2. The Balaban J connectivity index is 2.52. The second-order valence-electron chi connectivity index (χ2n) is 4.49. The molecule has 0 fully saturated rings. The van der Waals surface area contributed by atoms with Crippen LogP contribution in [0.4, 0.5) is 5.95 Å². The van der Waals surface area contributed by atoms with Gasteiger partial charge in [-0.05, 0) is 26.8 Å². The summed E-state index contributed by atoms with van der Waals surface area (Å²) in [4.78, 5) is 21.2. The van der Waals surface area contributed by atoms with E-state index in [-0.39, 0.29) is 12.5 Å². The van der Waals surface area contributed by atoms with E-state index in [4.69, 9.17) is 4.74 Å². The topological polar surface area (TPSA) is 55.3 Å². The maximum atomic E-state index is 11.5. The highest BCUT2D eigenvalue weighted by molar-refractivity contribution is 5.75. The zero-order chi connectivity index (χ0) is 12.2. The molecule has 0 saturated heterocycles. The molecule has 0 saturated carbocycles. The second kappa shape index (κ2) is 4.92. The van der Waals surface area contributed by atoms with Crippen molar-refractivity contribution < 1.29 is 9.53 Å². The van der Waals surface area contributed by atoms with Crippen LogP contribution in [0.15, 0.2) is 18.5 Å². The van der Waals surface area contributed by atoms with Crippen LogP contribution in [0.5, 0.6) is 0 Å². The molecule has 16 heavy (non-hydrogen) atoms. The Morgan fingerprint density at radius 1 is 1.38 bits per heavy atom. The van der Waals surface area contributed by atoms with Crippen molar-refractivity contribution in [1.29, 1.82) is 0 Å². The van der Waals surface area contributed by atoms with Gasteiger partial charge < -0.3 is 9.64 Å². The molecule has 0 amide bonds. The average molecular weight is 223 g/mol. The van der Waals surface area contributed by atoms with E-state index < -0.39 is 5.60 Å². The van der Waals surface area contributed by atoms with Crippen LogP contribution >= 0.6 is 0 Å². The molecule has 0 aromatic carbocycles. The van der Waals surface area contributed by atoms with Gasteiger partial charge in [-0.2, -0.15) is 0 Å². The van der Waals surface area contributed by atoms with Crippen molar-refractivity contribution >= 4 is 11.9 Å². The molecule has 1 aromatic heterocycles. The van der Waals surface area contributed by atoms with E-state index >= 15 is 0 Å². The molecular weight excluding hydrogens is 206 g/mol. The third kappa shape index (κ3) is 4.25. The van der Waals surface area contributed by atoms with Gasteiger partial charge in [-0.25, -0.2) is 9.97 Å². The zero-order valence-corrected chi connectivity index (χ0v) is 10.1. The van der Waals surface area contributed by atoms with Crippen LogP contribution in [-0.4, -0.2) is 35.1 Å². The minimum Gasteiger partial charge on any atom is -0.459 e. The molecule has 5 heteroatoms. The molecule has 1 aromatic rings. The van der Waals surface area contributed by atoms with Crippen molar-refractivity contribution in [2.75, 3.05) is 18.5 Å². The predicted molar refractivity (Wildman–Crippen MR) is 61.1 cm³/mol. The second-order valence-corrected chi connectivity index (χ2v) is 4.49. The van der Waals surface area contributed by atoms with Crippen LogP contribution < -0.4 is 4.90 Å². The summed E-state index contributed by atoms with van der Waals surface area (Å²) in [6, 6.07) is 1.73. The van der Waals surface area contributed by atoms with Crippen molar-refractivity contribution in [3.8, 4) is 0 Å². The number of esters is 1. The van der Waals surface area contributed by atoms with E-state index in [1.807, 2.05) is 20.8 Å². The molecule has 0 radical (unpaired) electrons. The third-order valence-electron chi connectivity index (χ3n) is 1.68. The number of aromatic nitrogens is 2. The first-order valence-electron chi connectivity index (χ1n) is 5.08. The molecule has 0 atom stereocenters. The number of anilines is 1. The molecule has 0 aliphatic rings. The first-order valence-corrected chi connectivity index (χ1v) is 5.08. The number of ether oxygens (including phenoxy) is 1. The maximum absolute atomic E-state index is 11.5. The first-order chi connectivity index (χ1) is 7.38. The summed E-state index contributed by atoms with van der Waals surface area (Å²) in [5.74, 6) is 0.218. The fourth-order valence-corrected chi connectivity index (χ4v) is 1.13. The van der Waals surface area contributed by atoms with E-state index in [1.165, 1.54) is 0 Å². The molecule has 0 unspecified atom stereocenters. The van der Waals surface area contributed by atoms with Crippen molar-refractivity contribution in [2.45, 2.75) is 26.4 Å². The highest BCUT2D eigenvalue weighted by Crippen LogP contribution is 2.08. The lowest BCUT2D eigenvalue weighted by atomic mass is 10.2. The highest BCUT2D eigenvalue weighted by atomic mass is 16.6. The van der Waals surface area contributed by atoms with Gasteiger partial charge in [-0.3, -0.25) is 4.79 Å². The minimum atomic E-state index is -0.463. The van der Waals surface area contributed by atoms with Crippen LogP contribution in [0, 0.1) is 0 Å². The number of hydrogen-bond donors (Lipinski definition) is 0. The summed E-state index contributed by atoms with van der Waals surface area (Å²) in [6.45, 7) is 5.65. The molecule has 0 bridgehead atoms. The molecule has 88 valence electrons. The van der Waals surface area contributed by atoms with Crippen molar-refractivity contribution in [1.82, 2.24) is 9.97 Å². The Kier molecular flexibility index (Phi) is 3.82. The van der Waals surface area contributed by atoms with E-state index in [0.717, 1.165) is 0 Å². The van der Waals surface area contributed by atoms with Crippen molar-refractivity contribution in [2.24, 2.45) is 0 Å². The molecule has 0 aliphatic carbocycles. The van der Waals surface area contributed by atoms with Crippen LogP contribution in [0.3, 0.4) is 0 Å². The van der Waals surface area contributed by atoms with Gasteiger partial charge in [-0.15, -0.1) is 0 Å². The number of carbonyl (C=O) groups excluding carboxylic acids is 1. The fraction of sp³-hybridized carbons (Fsp3) is 0.545. The Morgan fingerprint density at radius 2 is 1.94 bits per heavy atom. The SMILES string of the molecule is CN(CC(=O)OC(C)(C)C)c1ncccn1. The van der Waals surface area contributed by atoms with Crippen LogP contribution in [0.2, 0.25) is 0 Å². The van der Waals surface area contributed by atoms with E-state index in [2.05, 4.69) is 9.97 Å². The molecule has 0 spiro atoms. The number of nitrogens with zero attached hydrogens (tertiary/aromatic N) is 3. The van der Waals surface area contributed by atoms with Crippen LogP contribution in [0.25, 0.3) is 0 Å². The average Bonchev–Trinajstić information content (AvgIpc) is 2.16. The van der Waals surface area contributed by atoms with Crippen LogP contribution in [-0.2, 0) is 9.53 Å². The number of hydrogen-bond acceptors (Lipinski definition) is 5. The number of carbonyl (C=O) groups is 1. The van der Waals surface area contributed by atoms with Crippen molar-refractivity contribution in [3.05, 3.63) is 18.5 Å². The van der Waals surface area contributed by atoms with E-state index in [9.17, 15) is 4.79 Å². The summed E-state index contributed by atoms with van der Waals surface area (Å²) in [5, 5.41) is 0. The lowest BCUT2D eigenvalue weighted by molar-refractivity contribution is -0.152. The Morgan fingerprint density at radius 3 is 2.44 bits per heavy atom. The fourth-order valence-electron chi connectivity index (χ4n) is 1.13. The lowest BCUT2D eigenvalue weighted by Gasteiger charge is -2.22. The largest absolute Gasteiger partial charge is 0.459 e. The monoisotopic (exact) mass is 223 g/mol. The zero-order valence-electron chi connectivity index (χ0n) is 10.1. The van der Waals surface area contributed by atoms with Gasteiger partial charge in [-0.1, -0.05) is 0 Å². The Labute approximate surface area is 95.5 Å². The molecule has 1 heterocycles. The molecule has 0 N–H and O–H groups in total. The molecule has 5 nitrogen and oxygen atoms in total. The van der Waals surface area contributed by atoms with Gasteiger partial charge in [0.2, 0.25) is 5.95 Å². The van der Waals surface area contributed by atoms with Gasteiger partial charge in [0, 0.05) is 19.4 Å². The third-order valence-corrected chi connectivity index (χ3v) is 1.68. The summed E-state index contributed by atoms with van der Waals surface area (Å²) in [6.07, 6.45) is 3.27. The Hall–Kier alpha value is -1.65. The van der Waals surface area contributed by atoms with Gasteiger partial charge in [0.15, 0.2) is 0 Å².